The number of hydrogen-bond acceptors (Lipinski definition) is 3. The highest BCUT2D eigenvalue weighted by Crippen LogP contribution is 2.60. The van der Waals surface area contributed by atoms with E-state index in [2.05, 4.69) is 28.6 Å². The van der Waals surface area contributed by atoms with Gasteiger partial charge in [0.1, 0.15) is 5.75 Å². The second-order valence-electron chi connectivity index (χ2n) is 7.99. The van der Waals surface area contributed by atoms with Crippen LogP contribution in [-0.4, -0.2) is 38.9 Å². The summed E-state index contributed by atoms with van der Waals surface area (Å²) < 4.78 is 11.6. The molecule has 2 N–H and O–H groups in total. The summed E-state index contributed by atoms with van der Waals surface area (Å²) in [6.07, 6.45) is 6.86. The fraction of sp³-hybridized carbons (Fsp3) is 0.667. The molecular weight excluding hydrogens is 326 g/mol. The summed E-state index contributed by atoms with van der Waals surface area (Å²) >= 11 is 0. The van der Waals surface area contributed by atoms with Crippen molar-refractivity contribution in [2.24, 2.45) is 16.3 Å². The highest BCUT2D eigenvalue weighted by atomic mass is 16.5. The Hall–Kier alpha value is -1.75. The number of methoxy groups -OCH3 is 1. The van der Waals surface area contributed by atoms with Crippen molar-refractivity contribution in [2.45, 2.75) is 57.2 Å². The SMILES string of the molecule is CN=C(NC(C)c1ccccc1OC)NC1C2CCOC2C12CCCC2. The molecule has 3 fully saturated rings. The molecule has 0 bridgehead atoms. The maximum absolute atomic E-state index is 6.10. The van der Waals surface area contributed by atoms with Gasteiger partial charge in [0.2, 0.25) is 0 Å². The van der Waals surface area contributed by atoms with Crippen LogP contribution in [-0.2, 0) is 4.74 Å². The number of ether oxygens (including phenoxy) is 2. The van der Waals surface area contributed by atoms with Crippen LogP contribution in [0.25, 0.3) is 0 Å². The van der Waals surface area contributed by atoms with Gasteiger partial charge in [-0.15, -0.1) is 0 Å². The maximum Gasteiger partial charge on any atom is 0.191 e. The zero-order valence-electron chi connectivity index (χ0n) is 16.1. The second-order valence-corrected chi connectivity index (χ2v) is 7.99. The lowest BCUT2D eigenvalue weighted by Gasteiger charge is -2.57. The molecular formula is C21H31N3O2. The minimum absolute atomic E-state index is 0.118. The molecule has 1 saturated heterocycles. The van der Waals surface area contributed by atoms with Crippen molar-refractivity contribution in [1.29, 1.82) is 0 Å². The van der Waals surface area contributed by atoms with Crippen LogP contribution in [0.15, 0.2) is 29.3 Å². The Morgan fingerprint density at radius 3 is 2.81 bits per heavy atom. The van der Waals surface area contributed by atoms with Crippen LogP contribution < -0.4 is 15.4 Å². The minimum Gasteiger partial charge on any atom is -0.496 e. The topological polar surface area (TPSA) is 54.9 Å². The molecule has 5 heteroatoms. The van der Waals surface area contributed by atoms with E-state index in [1.165, 1.54) is 32.1 Å². The largest absolute Gasteiger partial charge is 0.496 e. The Morgan fingerprint density at radius 2 is 2.08 bits per heavy atom. The summed E-state index contributed by atoms with van der Waals surface area (Å²) in [5.41, 5.74) is 1.47. The molecule has 142 valence electrons. The van der Waals surface area contributed by atoms with Crippen LogP contribution in [0, 0.1) is 11.3 Å². The molecule has 2 aliphatic carbocycles. The Balaban J connectivity index is 1.46. The van der Waals surface area contributed by atoms with Gasteiger partial charge in [-0.25, -0.2) is 0 Å². The molecule has 1 aliphatic heterocycles. The first kappa shape index (κ1) is 17.7. The van der Waals surface area contributed by atoms with Crippen molar-refractivity contribution in [3.8, 4) is 5.75 Å². The summed E-state index contributed by atoms with van der Waals surface area (Å²) in [4.78, 5) is 4.51. The van der Waals surface area contributed by atoms with Gasteiger partial charge in [-0.3, -0.25) is 4.99 Å². The fourth-order valence-electron chi connectivity index (χ4n) is 5.53. The number of para-hydroxylation sites is 1. The highest BCUT2D eigenvalue weighted by molar-refractivity contribution is 5.81. The predicted molar refractivity (Wildman–Crippen MR) is 104 cm³/mol. The number of nitrogens with one attached hydrogen (secondary N) is 2. The molecule has 26 heavy (non-hydrogen) atoms. The van der Waals surface area contributed by atoms with E-state index in [9.17, 15) is 0 Å². The Kier molecular flexibility index (Phi) is 4.82. The maximum atomic E-state index is 6.10. The Labute approximate surface area is 156 Å². The quantitative estimate of drug-likeness (QED) is 0.641. The Bertz CT molecular complexity index is 669. The average molecular weight is 357 g/mol. The lowest BCUT2D eigenvalue weighted by Crippen LogP contribution is -2.69. The van der Waals surface area contributed by atoms with Gasteiger partial charge in [0, 0.05) is 36.6 Å². The van der Waals surface area contributed by atoms with E-state index in [4.69, 9.17) is 9.47 Å². The first-order valence-electron chi connectivity index (χ1n) is 9.94. The first-order chi connectivity index (χ1) is 12.7. The molecule has 0 radical (unpaired) electrons. The fourth-order valence-corrected chi connectivity index (χ4v) is 5.53. The van der Waals surface area contributed by atoms with E-state index in [0.717, 1.165) is 23.9 Å². The van der Waals surface area contributed by atoms with Crippen molar-refractivity contribution in [2.75, 3.05) is 20.8 Å². The van der Waals surface area contributed by atoms with Crippen LogP contribution >= 0.6 is 0 Å². The molecule has 0 amide bonds. The first-order valence-corrected chi connectivity index (χ1v) is 9.94. The van der Waals surface area contributed by atoms with Crippen molar-refractivity contribution < 1.29 is 9.47 Å². The molecule has 1 spiro atoms. The van der Waals surface area contributed by atoms with Gasteiger partial charge in [0.15, 0.2) is 5.96 Å². The minimum atomic E-state index is 0.118. The molecule has 1 aromatic carbocycles. The van der Waals surface area contributed by atoms with Gasteiger partial charge in [0.25, 0.3) is 0 Å². The second kappa shape index (κ2) is 7.10. The lowest BCUT2D eigenvalue weighted by atomic mass is 9.54. The summed E-state index contributed by atoms with van der Waals surface area (Å²) in [5.74, 6) is 2.42. The van der Waals surface area contributed by atoms with E-state index >= 15 is 0 Å². The van der Waals surface area contributed by atoms with Crippen molar-refractivity contribution in [1.82, 2.24) is 10.6 Å². The smallest absolute Gasteiger partial charge is 0.191 e. The van der Waals surface area contributed by atoms with Crippen LogP contribution in [0.2, 0.25) is 0 Å². The van der Waals surface area contributed by atoms with E-state index in [1.54, 1.807) is 7.11 Å². The molecule has 1 aromatic rings. The number of rotatable bonds is 4. The third-order valence-electron chi connectivity index (χ3n) is 6.76. The van der Waals surface area contributed by atoms with Gasteiger partial charge in [-0.1, -0.05) is 31.0 Å². The van der Waals surface area contributed by atoms with Gasteiger partial charge >= 0.3 is 0 Å². The summed E-state index contributed by atoms with van der Waals surface area (Å²) in [6.45, 7) is 3.07. The molecule has 3 aliphatic rings. The Morgan fingerprint density at radius 1 is 1.31 bits per heavy atom. The van der Waals surface area contributed by atoms with Crippen LogP contribution in [0.3, 0.4) is 0 Å². The standard InChI is InChI=1S/C21H31N3O2/c1-14(15-8-4-5-9-17(15)25-3)23-20(22-2)24-18-16-10-13-26-19(16)21(18)11-6-7-12-21/h4-5,8-9,14,16,18-19H,6-7,10-13H2,1-3H3,(H2,22,23,24). The van der Waals surface area contributed by atoms with Gasteiger partial charge < -0.3 is 20.1 Å². The van der Waals surface area contributed by atoms with Gasteiger partial charge in [-0.2, -0.15) is 0 Å². The zero-order chi connectivity index (χ0) is 18.1. The summed E-state index contributed by atoms with van der Waals surface area (Å²) in [7, 11) is 3.57. The van der Waals surface area contributed by atoms with Crippen molar-refractivity contribution in [3.63, 3.8) is 0 Å². The number of fused-ring (bicyclic) bond motifs is 2. The number of hydrogen-bond donors (Lipinski definition) is 2. The monoisotopic (exact) mass is 357 g/mol. The number of aliphatic imine (C=N–C) groups is 1. The molecule has 2 saturated carbocycles. The van der Waals surface area contributed by atoms with E-state index in [1.807, 2.05) is 25.2 Å². The molecule has 4 unspecified atom stereocenters. The van der Waals surface area contributed by atoms with Gasteiger partial charge in [0.05, 0.1) is 19.3 Å². The number of nitrogens with zero attached hydrogens (tertiary/aromatic N) is 1. The molecule has 4 rings (SSSR count). The number of benzene rings is 1. The van der Waals surface area contributed by atoms with Crippen molar-refractivity contribution in [3.05, 3.63) is 29.8 Å². The summed E-state index contributed by atoms with van der Waals surface area (Å²) in [5, 5.41) is 7.32. The van der Waals surface area contributed by atoms with E-state index < -0.39 is 0 Å². The molecule has 0 aromatic heterocycles. The molecule has 5 nitrogen and oxygen atoms in total. The van der Waals surface area contributed by atoms with Gasteiger partial charge in [-0.05, 0) is 32.3 Å². The van der Waals surface area contributed by atoms with Crippen molar-refractivity contribution >= 4 is 5.96 Å². The predicted octanol–water partition coefficient (Wildman–Crippen LogP) is 3.27. The summed E-state index contributed by atoms with van der Waals surface area (Å²) in [6, 6.07) is 8.75. The van der Waals surface area contributed by atoms with E-state index in [0.29, 0.717) is 23.5 Å². The van der Waals surface area contributed by atoms with Crippen LogP contribution in [0.1, 0.15) is 50.6 Å². The zero-order valence-corrected chi connectivity index (χ0v) is 16.1. The van der Waals surface area contributed by atoms with Crippen LogP contribution in [0.4, 0.5) is 0 Å². The lowest BCUT2D eigenvalue weighted by molar-refractivity contribution is -0.125. The number of guanidine groups is 1. The van der Waals surface area contributed by atoms with E-state index in [-0.39, 0.29) is 6.04 Å². The van der Waals surface area contributed by atoms with Crippen LogP contribution in [0.5, 0.6) is 5.75 Å². The third-order valence-corrected chi connectivity index (χ3v) is 6.76. The molecule has 1 heterocycles. The normalized spacial score (nSPS) is 30.6. The highest BCUT2D eigenvalue weighted by Gasteiger charge is 2.65. The third kappa shape index (κ3) is 2.77. The molecule has 4 atom stereocenters. The average Bonchev–Trinajstić information content (AvgIpc) is 3.33.